The number of sulfone groups is 1. The first-order valence-electron chi connectivity index (χ1n) is 6.59. The lowest BCUT2D eigenvalue weighted by Crippen LogP contribution is -2.32. The number of nitrogens with two attached hydrogens (primary N) is 1. The van der Waals surface area contributed by atoms with Gasteiger partial charge in [-0.3, -0.25) is 0 Å². The highest BCUT2D eigenvalue weighted by atomic mass is 32.2. The van der Waals surface area contributed by atoms with Crippen molar-refractivity contribution < 1.29 is 8.42 Å². The predicted molar refractivity (Wildman–Crippen MR) is 82.1 cm³/mol. The summed E-state index contributed by atoms with van der Waals surface area (Å²) >= 11 is 0. The molecule has 2 aromatic carbocycles. The normalized spacial score (nSPS) is 13.1. The Balaban J connectivity index is 1.94. The molecule has 0 aromatic heterocycles. The third-order valence-electron chi connectivity index (χ3n) is 3.04. The Kier molecular flexibility index (Phi) is 4.93. The molecule has 3 nitrogen and oxygen atoms in total. The van der Waals surface area contributed by atoms with E-state index < -0.39 is 9.84 Å². The maximum atomic E-state index is 12.1. The molecular formula is C16H19NO2S. The summed E-state index contributed by atoms with van der Waals surface area (Å²) in [4.78, 5) is 0. The van der Waals surface area contributed by atoms with Crippen molar-refractivity contribution in [1.82, 2.24) is 0 Å². The molecule has 0 aliphatic heterocycles. The van der Waals surface area contributed by atoms with Gasteiger partial charge in [-0.1, -0.05) is 60.7 Å². The summed E-state index contributed by atoms with van der Waals surface area (Å²) in [6.07, 6.45) is 0.578. The van der Waals surface area contributed by atoms with Crippen molar-refractivity contribution in [3.05, 3.63) is 71.8 Å². The van der Waals surface area contributed by atoms with E-state index in [-0.39, 0.29) is 17.5 Å². The Morgan fingerprint density at radius 2 is 1.35 bits per heavy atom. The molecule has 0 fully saturated rings. The molecular weight excluding hydrogens is 270 g/mol. The first kappa shape index (κ1) is 14.8. The lowest BCUT2D eigenvalue weighted by Gasteiger charge is -2.12. The van der Waals surface area contributed by atoms with Crippen molar-refractivity contribution >= 4 is 9.84 Å². The monoisotopic (exact) mass is 289 g/mol. The lowest BCUT2D eigenvalue weighted by molar-refractivity contribution is 0.585. The van der Waals surface area contributed by atoms with E-state index in [0.29, 0.717) is 6.42 Å². The van der Waals surface area contributed by atoms with Crippen molar-refractivity contribution in [1.29, 1.82) is 0 Å². The summed E-state index contributed by atoms with van der Waals surface area (Å²) in [7, 11) is -3.18. The molecule has 106 valence electrons. The van der Waals surface area contributed by atoms with Gasteiger partial charge < -0.3 is 5.73 Å². The van der Waals surface area contributed by atoms with Crippen molar-refractivity contribution in [2.45, 2.75) is 18.2 Å². The molecule has 0 radical (unpaired) electrons. The Morgan fingerprint density at radius 1 is 0.850 bits per heavy atom. The molecule has 0 bridgehead atoms. The zero-order valence-corrected chi connectivity index (χ0v) is 12.1. The zero-order valence-electron chi connectivity index (χ0n) is 11.3. The van der Waals surface area contributed by atoms with Crippen LogP contribution in [0.3, 0.4) is 0 Å². The summed E-state index contributed by atoms with van der Waals surface area (Å²) in [6.45, 7) is 0. The van der Waals surface area contributed by atoms with Crippen LogP contribution in [0.4, 0.5) is 0 Å². The maximum absolute atomic E-state index is 12.1. The van der Waals surface area contributed by atoms with Crippen LogP contribution in [0.2, 0.25) is 0 Å². The Bertz CT molecular complexity index is 624. The highest BCUT2D eigenvalue weighted by molar-refractivity contribution is 7.90. The second-order valence-corrected chi connectivity index (χ2v) is 7.10. The maximum Gasteiger partial charge on any atom is 0.155 e. The second kappa shape index (κ2) is 6.68. The molecule has 2 N–H and O–H groups in total. The second-order valence-electron chi connectivity index (χ2n) is 4.99. The summed E-state index contributed by atoms with van der Waals surface area (Å²) in [6, 6.07) is 18.5. The van der Waals surface area contributed by atoms with Crippen molar-refractivity contribution in [2.75, 3.05) is 5.75 Å². The molecule has 0 unspecified atom stereocenters. The molecule has 0 saturated heterocycles. The van der Waals surface area contributed by atoms with Crippen molar-refractivity contribution in [2.24, 2.45) is 5.73 Å². The quantitative estimate of drug-likeness (QED) is 0.886. The van der Waals surface area contributed by atoms with Gasteiger partial charge in [0.05, 0.1) is 11.5 Å². The van der Waals surface area contributed by atoms with E-state index in [1.54, 1.807) is 0 Å². The Hall–Kier alpha value is -1.65. The van der Waals surface area contributed by atoms with Gasteiger partial charge >= 0.3 is 0 Å². The number of benzene rings is 2. The summed E-state index contributed by atoms with van der Waals surface area (Å²) in [5.41, 5.74) is 7.84. The smallest absolute Gasteiger partial charge is 0.155 e. The Labute approximate surface area is 120 Å². The molecule has 0 heterocycles. The van der Waals surface area contributed by atoms with Crippen molar-refractivity contribution in [3.8, 4) is 0 Å². The van der Waals surface area contributed by atoms with Gasteiger partial charge in [0.1, 0.15) is 0 Å². The van der Waals surface area contributed by atoms with Crippen LogP contribution in [-0.2, 0) is 22.0 Å². The molecule has 2 aromatic rings. The minimum Gasteiger partial charge on any atom is -0.326 e. The molecule has 0 aliphatic carbocycles. The average molecular weight is 289 g/mol. The van der Waals surface area contributed by atoms with Gasteiger partial charge in [0.25, 0.3) is 0 Å². The molecule has 0 spiro atoms. The molecule has 20 heavy (non-hydrogen) atoms. The summed E-state index contributed by atoms with van der Waals surface area (Å²) < 4.78 is 24.2. The number of hydrogen-bond acceptors (Lipinski definition) is 3. The standard InChI is InChI=1S/C16H19NO2S/c17-16(11-14-7-3-1-4-8-14)13-20(18,19)12-15-9-5-2-6-10-15/h1-10,16H,11-13,17H2/t16-/m0/s1. The van der Waals surface area contributed by atoms with E-state index in [9.17, 15) is 8.42 Å². The van der Waals surface area contributed by atoms with Gasteiger partial charge in [0.2, 0.25) is 0 Å². The van der Waals surface area contributed by atoms with Crippen molar-refractivity contribution in [3.63, 3.8) is 0 Å². The van der Waals surface area contributed by atoms with Crippen LogP contribution in [0.25, 0.3) is 0 Å². The van der Waals surface area contributed by atoms with Crippen LogP contribution in [0.1, 0.15) is 11.1 Å². The van der Waals surface area contributed by atoms with E-state index in [1.165, 1.54) is 0 Å². The summed E-state index contributed by atoms with van der Waals surface area (Å²) in [5.74, 6) is 0.0626. The molecule has 1 atom stereocenters. The van der Waals surface area contributed by atoms with Gasteiger partial charge in [-0.05, 0) is 17.5 Å². The van der Waals surface area contributed by atoms with Gasteiger partial charge in [0, 0.05) is 6.04 Å². The minimum atomic E-state index is -3.18. The number of rotatable bonds is 6. The topological polar surface area (TPSA) is 60.2 Å². The molecule has 2 rings (SSSR count). The van der Waals surface area contributed by atoms with E-state index >= 15 is 0 Å². The van der Waals surface area contributed by atoms with E-state index in [4.69, 9.17) is 5.73 Å². The molecule has 0 saturated carbocycles. The van der Waals surface area contributed by atoms with Crippen LogP contribution < -0.4 is 5.73 Å². The zero-order chi connectivity index (χ0) is 14.4. The van der Waals surface area contributed by atoms with Gasteiger partial charge in [0.15, 0.2) is 9.84 Å². The van der Waals surface area contributed by atoms with Crippen LogP contribution in [0.15, 0.2) is 60.7 Å². The largest absolute Gasteiger partial charge is 0.326 e. The fourth-order valence-corrected chi connectivity index (χ4v) is 3.78. The lowest BCUT2D eigenvalue weighted by atomic mass is 10.1. The highest BCUT2D eigenvalue weighted by Gasteiger charge is 2.17. The predicted octanol–water partition coefficient (Wildman–Crippen LogP) is 2.17. The molecule has 0 aliphatic rings. The minimum absolute atomic E-state index is 0.0107. The van der Waals surface area contributed by atoms with Gasteiger partial charge in [-0.15, -0.1) is 0 Å². The van der Waals surface area contributed by atoms with Gasteiger partial charge in [-0.25, -0.2) is 8.42 Å². The average Bonchev–Trinajstić information content (AvgIpc) is 2.39. The molecule has 0 amide bonds. The Morgan fingerprint density at radius 3 is 1.90 bits per heavy atom. The molecule has 4 heteroatoms. The SMILES string of the molecule is N[C@@H](Cc1ccccc1)CS(=O)(=O)Cc1ccccc1. The first-order valence-corrected chi connectivity index (χ1v) is 8.41. The van der Waals surface area contributed by atoms with Crippen LogP contribution >= 0.6 is 0 Å². The first-order chi connectivity index (χ1) is 9.55. The van der Waals surface area contributed by atoms with Crippen LogP contribution in [0, 0.1) is 0 Å². The number of hydrogen-bond donors (Lipinski definition) is 1. The third kappa shape index (κ3) is 4.79. The van der Waals surface area contributed by atoms with E-state index in [1.807, 2.05) is 60.7 Å². The summed E-state index contributed by atoms with van der Waals surface area (Å²) in [5, 5.41) is 0. The highest BCUT2D eigenvalue weighted by Crippen LogP contribution is 2.09. The van der Waals surface area contributed by atoms with Crippen LogP contribution in [-0.4, -0.2) is 20.2 Å². The van der Waals surface area contributed by atoms with E-state index in [2.05, 4.69) is 0 Å². The van der Waals surface area contributed by atoms with Gasteiger partial charge in [-0.2, -0.15) is 0 Å². The van der Waals surface area contributed by atoms with Crippen LogP contribution in [0.5, 0.6) is 0 Å². The fraction of sp³-hybridized carbons (Fsp3) is 0.250. The fourth-order valence-electron chi connectivity index (χ4n) is 2.19. The third-order valence-corrected chi connectivity index (χ3v) is 4.75. The van der Waals surface area contributed by atoms with E-state index in [0.717, 1.165) is 11.1 Å².